The molecule has 1 N–H and O–H groups in total. The first-order valence-electron chi connectivity index (χ1n) is 13.0. The zero-order valence-corrected chi connectivity index (χ0v) is 22.5. The first kappa shape index (κ1) is 24.8. The lowest BCUT2D eigenvalue weighted by Crippen LogP contribution is -2.41. The van der Waals surface area contributed by atoms with E-state index in [0.717, 1.165) is 65.6 Å². The Hall–Kier alpha value is -3.87. The summed E-state index contributed by atoms with van der Waals surface area (Å²) in [5.41, 5.74) is 8.58. The Bertz CT molecular complexity index is 1390. The van der Waals surface area contributed by atoms with Crippen LogP contribution in [-0.4, -0.2) is 47.7 Å². The largest absolute Gasteiger partial charge is 0.378 e. The van der Waals surface area contributed by atoms with Gasteiger partial charge < -0.3 is 15.1 Å². The summed E-state index contributed by atoms with van der Waals surface area (Å²) in [6.45, 7) is 8.44. The van der Waals surface area contributed by atoms with E-state index in [9.17, 15) is 4.79 Å². The highest BCUT2D eigenvalue weighted by atomic mass is 16.1. The van der Waals surface area contributed by atoms with Crippen LogP contribution in [0.15, 0.2) is 54.6 Å². The summed E-state index contributed by atoms with van der Waals surface area (Å²) in [7, 11) is 4.05. The number of aromatic nitrogens is 3. The highest BCUT2D eigenvalue weighted by Crippen LogP contribution is 2.28. The van der Waals surface area contributed by atoms with Crippen LogP contribution >= 0.6 is 0 Å². The minimum Gasteiger partial charge on any atom is -0.378 e. The van der Waals surface area contributed by atoms with Crippen molar-refractivity contribution in [2.24, 2.45) is 5.92 Å². The molecule has 2 aromatic heterocycles. The molecule has 192 valence electrons. The topological polar surface area (TPSA) is 65.8 Å². The molecule has 3 heterocycles. The smallest absolute Gasteiger partial charge is 0.223 e. The van der Waals surface area contributed by atoms with Crippen molar-refractivity contribution in [3.8, 4) is 11.3 Å². The summed E-state index contributed by atoms with van der Waals surface area (Å²) in [4.78, 5) is 22.1. The van der Waals surface area contributed by atoms with E-state index in [1.165, 1.54) is 11.1 Å². The van der Waals surface area contributed by atoms with Gasteiger partial charge >= 0.3 is 0 Å². The first-order valence-corrected chi connectivity index (χ1v) is 13.0. The van der Waals surface area contributed by atoms with Gasteiger partial charge in [-0.3, -0.25) is 4.79 Å². The molecule has 0 radical (unpaired) electrons. The van der Waals surface area contributed by atoms with Gasteiger partial charge in [0.25, 0.3) is 0 Å². The molecule has 1 fully saturated rings. The summed E-state index contributed by atoms with van der Waals surface area (Å²) >= 11 is 0. The average molecular weight is 497 g/mol. The molecule has 5 rings (SSSR count). The van der Waals surface area contributed by atoms with Crippen molar-refractivity contribution in [1.29, 1.82) is 0 Å². The number of anilines is 2. The van der Waals surface area contributed by atoms with Crippen LogP contribution < -0.4 is 15.1 Å². The molecule has 1 aliphatic rings. The predicted octanol–water partition coefficient (Wildman–Crippen LogP) is 4.92. The second-order valence-corrected chi connectivity index (χ2v) is 10.5. The van der Waals surface area contributed by atoms with E-state index in [1.807, 2.05) is 25.5 Å². The molecule has 1 amide bonds. The van der Waals surface area contributed by atoms with E-state index in [-0.39, 0.29) is 11.8 Å². The molecule has 0 atom stereocenters. The molecule has 0 unspecified atom stereocenters. The highest BCUT2D eigenvalue weighted by molar-refractivity contribution is 5.79. The molecular weight excluding hydrogens is 460 g/mol. The van der Waals surface area contributed by atoms with E-state index in [2.05, 4.69) is 83.6 Å². The second-order valence-electron chi connectivity index (χ2n) is 10.5. The molecular formula is C30H36N6O. The molecule has 1 saturated heterocycles. The second kappa shape index (κ2) is 10.2. The van der Waals surface area contributed by atoms with Gasteiger partial charge in [0.05, 0.1) is 5.69 Å². The highest BCUT2D eigenvalue weighted by Gasteiger charge is 2.26. The summed E-state index contributed by atoms with van der Waals surface area (Å²) in [5, 5.41) is 8.09. The quantitative estimate of drug-likeness (QED) is 0.410. The Morgan fingerprint density at radius 2 is 1.65 bits per heavy atom. The van der Waals surface area contributed by atoms with Gasteiger partial charge in [-0.25, -0.2) is 4.98 Å². The molecule has 1 aliphatic heterocycles. The van der Waals surface area contributed by atoms with Gasteiger partial charge in [-0.15, -0.1) is 0 Å². The van der Waals surface area contributed by atoms with Crippen molar-refractivity contribution < 1.29 is 4.79 Å². The van der Waals surface area contributed by atoms with Crippen LogP contribution in [0.4, 0.5) is 11.5 Å². The fourth-order valence-electron chi connectivity index (χ4n) is 5.19. The van der Waals surface area contributed by atoms with E-state index in [0.29, 0.717) is 6.54 Å². The normalized spacial score (nSPS) is 14.2. The van der Waals surface area contributed by atoms with Gasteiger partial charge in [0.15, 0.2) is 5.65 Å². The predicted molar refractivity (Wildman–Crippen MR) is 150 cm³/mol. The number of carbonyl (C=O) groups is 1. The fourth-order valence-corrected chi connectivity index (χ4v) is 5.19. The third-order valence-corrected chi connectivity index (χ3v) is 7.16. The number of carbonyl (C=O) groups excluding carboxylic acids is 1. The van der Waals surface area contributed by atoms with Crippen molar-refractivity contribution in [3.63, 3.8) is 0 Å². The summed E-state index contributed by atoms with van der Waals surface area (Å²) in [6.07, 6.45) is 1.64. The van der Waals surface area contributed by atoms with Crippen LogP contribution in [0.3, 0.4) is 0 Å². The van der Waals surface area contributed by atoms with Gasteiger partial charge in [-0.05, 0) is 63.4 Å². The number of nitrogens with zero attached hydrogens (tertiary/aromatic N) is 5. The van der Waals surface area contributed by atoms with Gasteiger partial charge in [0, 0.05) is 68.7 Å². The number of hydrogen-bond donors (Lipinski definition) is 1. The molecule has 0 spiro atoms. The Labute approximate surface area is 219 Å². The van der Waals surface area contributed by atoms with Gasteiger partial charge in [-0.1, -0.05) is 29.3 Å². The van der Waals surface area contributed by atoms with Crippen LogP contribution in [0.1, 0.15) is 35.2 Å². The monoisotopic (exact) mass is 496 g/mol. The third-order valence-electron chi connectivity index (χ3n) is 7.16. The number of aryl methyl sites for hydroxylation is 3. The average Bonchev–Trinajstić information content (AvgIpc) is 3.30. The third kappa shape index (κ3) is 5.45. The minimum absolute atomic E-state index is 0.0270. The summed E-state index contributed by atoms with van der Waals surface area (Å²) in [6, 6.07) is 19.0. The lowest BCUT2D eigenvalue weighted by atomic mass is 9.95. The zero-order chi connectivity index (χ0) is 26.1. The fraction of sp³-hybridized carbons (Fsp3) is 0.367. The molecule has 2 aromatic carbocycles. The van der Waals surface area contributed by atoms with E-state index < -0.39 is 0 Å². The first-order chi connectivity index (χ1) is 17.8. The Morgan fingerprint density at radius 3 is 2.30 bits per heavy atom. The SMILES string of the molecule is Cc1cc(C)cc(-c2cc3nc(C)cc(N4CCC(C(=O)NCc5ccc(N(C)C)cc5)CC4)n3n2)c1. The van der Waals surface area contributed by atoms with Crippen molar-refractivity contribution in [3.05, 3.63) is 77.0 Å². The number of fused-ring (bicyclic) bond motifs is 1. The number of piperidine rings is 1. The van der Waals surface area contributed by atoms with Crippen LogP contribution in [0.25, 0.3) is 16.9 Å². The van der Waals surface area contributed by atoms with Crippen LogP contribution in [0.5, 0.6) is 0 Å². The molecule has 7 heteroatoms. The number of amides is 1. The van der Waals surface area contributed by atoms with Crippen LogP contribution in [-0.2, 0) is 11.3 Å². The molecule has 4 aromatic rings. The van der Waals surface area contributed by atoms with Crippen molar-refractivity contribution >= 4 is 23.1 Å². The van der Waals surface area contributed by atoms with Crippen molar-refractivity contribution in [2.75, 3.05) is 37.0 Å². The maximum atomic E-state index is 12.9. The van der Waals surface area contributed by atoms with Gasteiger partial charge in [-0.2, -0.15) is 9.61 Å². The van der Waals surface area contributed by atoms with Gasteiger partial charge in [0.2, 0.25) is 5.91 Å². The summed E-state index contributed by atoms with van der Waals surface area (Å²) < 4.78 is 1.96. The Balaban J connectivity index is 1.26. The van der Waals surface area contributed by atoms with E-state index >= 15 is 0 Å². The van der Waals surface area contributed by atoms with E-state index in [4.69, 9.17) is 10.1 Å². The molecule has 7 nitrogen and oxygen atoms in total. The number of benzene rings is 2. The molecule has 0 aliphatic carbocycles. The van der Waals surface area contributed by atoms with Crippen LogP contribution in [0.2, 0.25) is 0 Å². The van der Waals surface area contributed by atoms with Crippen molar-refractivity contribution in [2.45, 2.75) is 40.2 Å². The minimum atomic E-state index is 0.0270. The number of rotatable bonds is 6. The molecule has 37 heavy (non-hydrogen) atoms. The number of nitrogens with one attached hydrogen (secondary N) is 1. The van der Waals surface area contributed by atoms with E-state index in [1.54, 1.807) is 0 Å². The lowest BCUT2D eigenvalue weighted by molar-refractivity contribution is -0.125. The standard InChI is InChI=1S/C30H36N6O/c1-20-14-21(2)16-25(15-20)27-18-28-32-22(3)17-29(36(28)33-27)35-12-10-24(11-13-35)30(37)31-19-23-6-8-26(9-7-23)34(4)5/h6-9,14-18,24H,10-13,19H2,1-5H3,(H,31,37). The number of hydrogen-bond acceptors (Lipinski definition) is 5. The van der Waals surface area contributed by atoms with Crippen LogP contribution in [0, 0.1) is 26.7 Å². The molecule has 0 bridgehead atoms. The maximum Gasteiger partial charge on any atom is 0.223 e. The van der Waals surface area contributed by atoms with Gasteiger partial charge in [0.1, 0.15) is 5.82 Å². The zero-order valence-electron chi connectivity index (χ0n) is 22.5. The summed E-state index contributed by atoms with van der Waals surface area (Å²) in [5.74, 6) is 1.21. The maximum absolute atomic E-state index is 12.9. The van der Waals surface area contributed by atoms with Crippen molar-refractivity contribution in [1.82, 2.24) is 19.9 Å². The molecule has 0 saturated carbocycles. The Morgan fingerprint density at radius 1 is 0.973 bits per heavy atom. The Kier molecular flexibility index (Phi) is 6.87. The lowest BCUT2D eigenvalue weighted by Gasteiger charge is -2.33.